The summed E-state index contributed by atoms with van der Waals surface area (Å²) < 4.78 is 14.9. The molecule has 1 aromatic carbocycles. The molecule has 90 valence electrons. The molecule has 0 saturated heterocycles. The molecule has 0 aliphatic rings. The normalized spacial score (nSPS) is 16.8. The minimum absolute atomic E-state index is 0.503. The zero-order valence-corrected chi connectivity index (χ0v) is 11.5. The monoisotopic (exact) mass is 241 g/mol. The first-order chi connectivity index (χ1) is 7.62. The lowest BCUT2D eigenvalue weighted by Gasteiger charge is -2.18. The average Bonchev–Trinajstić information content (AvgIpc) is 2.30. The largest absolute Gasteiger partial charge is 0.234 e. The molecule has 2 heteroatoms. The Bertz CT molecular complexity index is 299. The minimum atomic E-state index is -2.39. The van der Waals surface area contributed by atoms with E-state index in [0.717, 1.165) is 24.3 Å². The Labute approximate surface area is 99.7 Å². The van der Waals surface area contributed by atoms with Crippen molar-refractivity contribution in [3.8, 4) is 0 Å². The summed E-state index contributed by atoms with van der Waals surface area (Å²) in [4.78, 5) is 0. The molecule has 1 aromatic rings. The van der Waals surface area contributed by atoms with Crippen molar-refractivity contribution in [3.05, 3.63) is 30.3 Å². The highest BCUT2D eigenvalue weighted by Crippen LogP contribution is 2.60. The van der Waals surface area contributed by atoms with E-state index >= 15 is 0 Å². The van der Waals surface area contributed by atoms with E-state index in [0.29, 0.717) is 12.1 Å². The second-order valence-corrected chi connectivity index (χ2v) is 7.83. The molecular weight excluding hydrogens is 218 g/mol. The SMILES string of the molecule is CCCC(C)C[P+](F)(CC)c1ccccc1. The fraction of sp³-hybridized carbons (Fsp3) is 0.571. The maximum atomic E-state index is 14.9. The van der Waals surface area contributed by atoms with Crippen LogP contribution < -0.4 is 5.30 Å². The number of benzene rings is 1. The van der Waals surface area contributed by atoms with E-state index in [1.165, 1.54) is 0 Å². The van der Waals surface area contributed by atoms with Crippen molar-refractivity contribution in [2.45, 2.75) is 33.6 Å². The van der Waals surface area contributed by atoms with Crippen LogP contribution in [0.4, 0.5) is 4.20 Å². The third-order valence-electron chi connectivity index (χ3n) is 3.10. The summed E-state index contributed by atoms with van der Waals surface area (Å²) in [5.41, 5.74) is 0. The second kappa shape index (κ2) is 6.35. The van der Waals surface area contributed by atoms with Crippen LogP contribution in [-0.4, -0.2) is 12.3 Å². The lowest BCUT2D eigenvalue weighted by molar-refractivity contribution is 0.573. The van der Waals surface area contributed by atoms with Crippen LogP contribution in [0.25, 0.3) is 0 Å². The van der Waals surface area contributed by atoms with E-state index in [4.69, 9.17) is 0 Å². The molecule has 0 amide bonds. The number of hydrogen-bond donors (Lipinski definition) is 0. The molecule has 0 radical (unpaired) electrons. The topological polar surface area (TPSA) is 0 Å². The van der Waals surface area contributed by atoms with Gasteiger partial charge in [0, 0.05) is 0 Å². The Hall–Kier alpha value is -0.420. The molecular formula is C14H23FP+. The van der Waals surface area contributed by atoms with Gasteiger partial charge in [-0.15, -0.1) is 0 Å². The van der Waals surface area contributed by atoms with Crippen molar-refractivity contribution in [1.29, 1.82) is 0 Å². The number of hydrogen-bond acceptors (Lipinski definition) is 0. The van der Waals surface area contributed by atoms with Crippen LogP contribution in [-0.2, 0) is 0 Å². The molecule has 0 aliphatic carbocycles. The Morgan fingerprint density at radius 3 is 2.31 bits per heavy atom. The van der Waals surface area contributed by atoms with Gasteiger partial charge in [-0.05, 0) is 31.4 Å². The van der Waals surface area contributed by atoms with Gasteiger partial charge in [-0.2, -0.15) is 0 Å². The third kappa shape index (κ3) is 3.56. The van der Waals surface area contributed by atoms with Gasteiger partial charge in [0.15, 0.2) is 0 Å². The molecule has 2 unspecified atom stereocenters. The first kappa shape index (κ1) is 13.6. The third-order valence-corrected chi connectivity index (χ3v) is 6.53. The van der Waals surface area contributed by atoms with E-state index < -0.39 is 7.57 Å². The highest BCUT2D eigenvalue weighted by Gasteiger charge is 2.41. The smallest absolute Gasteiger partial charge is 0.0654 e. The predicted octanol–water partition coefficient (Wildman–Crippen LogP) is 4.67. The molecule has 0 nitrogen and oxygen atoms in total. The molecule has 0 N–H and O–H groups in total. The summed E-state index contributed by atoms with van der Waals surface area (Å²) in [6.45, 7) is 6.33. The Kier molecular flexibility index (Phi) is 5.41. The summed E-state index contributed by atoms with van der Waals surface area (Å²) in [7, 11) is -2.39. The maximum absolute atomic E-state index is 14.9. The molecule has 1 rings (SSSR count). The molecule has 0 aromatic heterocycles. The summed E-state index contributed by atoms with van der Waals surface area (Å²) >= 11 is 0. The highest BCUT2D eigenvalue weighted by molar-refractivity contribution is 7.78. The first-order valence-corrected chi connectivity index (χ1v) is 8.29. The molecule has 0 bridgehead atoms. The Balaban J connectivity index is 2.78. The quantitative estimate of drug-likeness (QED) is 0.635. The van der Waals surface area contributed by atoms with Gasteiger partial charge < -0.3 is 0 Å². The maximum Gasteiger partial charge on any atom is 0.234 e. The van der Waals surface area contributed by atoms with Gasteiger partial charge in [0.1, 0.15) is 5.30 Å². The van der Waals surface area contributed by atoms with E-state index in [1.54, 1.807) is 0 Å². The van der Waals surface area contributed by atoms with Gasteiger partial charge in [-0.1, -0.05) is 42.7 Å². The molecule has 2 atom stereocenters. The molecule has 0 aliphatic heterocycles. The molecule has 0 fully saturated rings. The predicted molar refractivity (Wildman–Crippen MR) is 73.6 cm³/mol. The van der Waals surface area contributed by atoms with Gasteiger partial charge in [0.05, 0.1) is 12.3 Å². The van der Waals surface area contributed by atoms with Gasteiger partial charge in [0.25, 0.3) is 0 Å². The summed E-state index contributed by atoms with van der Waals surface area (Å²) in [6, 6.07) is 9.76. The zero-order valence-electron chi connectivity index (χ0n) is 10.6. The van der Waals surface area contributed by atoms with Crippen LogP contribution in [0.15, 0.2) is 30.3 Å². The number of rotatable bonds is 6. The van der Waals surface area contributed by atoms with Crippen LogP contribution in [0.1, 0.15) is 33.6 Å². The van der Waals surface area contributed by atoms with Crippen LogP contribution >= 0.6 is 7.57 Å². The van der Waals surface area contributed by atoms with E-state index in [9.17, 15) is 4.20 Å². The molecule has 16 heavy (non-hydrogen) atoms. The van der Waals surface area contributed by atoms with Crippen molar-refractivity contribution >= 4 is 12.9 Å². The summed E-state index contributed by atoms with van der Waals surface area (Å²) in [6.07, 6.45) is 3.71. The van der Waals surface area contributed by atoms with Crippen LogP contribution in [0, 0.1) is 5.92 Å². The Morgan fingerprint density at radius 1 is 1.19 bits per heavy atom. The fourth-order valence-corrected chi connectivity index (χ4v) is 4.90. The average molecular weight is 241 g/mol. The zero-order chi connectivity index (χ0) is 12.0. The Morgan fingerprint density at radius 2 is 1.81 bits per heavy atom. The molecule has 0 saturated carbocycles. The van der Waals surface area contributed by atoms with Gasteiger partial charge in [-0.25, -0.2) is 0 Å². The lowest BCUT2D eigenvalue weighted by Crippen LogP contribution is -2.16. The van der Waals surface area contributed by atoms with E-state index in [1.807, 2.05) is 37.3 Å². The lowest BCUT2D eigenvalue weighted by atomic mass is 10.1. The van der Waals surface area contributed by atoms with Crippen LogP contribution in [0.2, 0.25) is 0 Å². The second-order valence-electron chi connectivity index (χ2n) is 4.59. The van der Waals surface area contributed by atoms with Gasteiger partial charge in [0.2, 0.25) is 7.57 Å². The van der Waals surface area contributed by atoms with Crippen molar-refractivity contribution in [3.63, 3.8) is 0 Å². The van der Waals surface area contributed by atoms with Gasteiger partial charge >= 0.3 is 0 Å². The fourth-order valence-electron chi connectivity index (χ4n) is 2.19. The van der Waals surface area contributed by atoms with E-state index in [2.05, 4.69) is 13.8 Å². The van der Waals surface area contributed by atoms with Crippen molar-refractivity contribution in [1.82, 2.24) is 0 Å². The van der Waals surface area contributed by atoms with Crippen LogP contribution in [0.3, 0.4) is 0 Å². The summed E-state index contributed by atoms with van der Waals surface area (Å²) in [5, 5.41) is 0.945. The minimum Gasteiger partial charge on any atom is -0.0654 e. The van der Waals surface area contributed by atoms with Crippen molar-refractivity contribution in [2.75, 3.05) is 12.3 Å². The summed E-state index contributed by atoms with van der Waals surface area (Å²) in [5.74, 6) is 0.503. The van der Waals surface area contributed by atoms with Crippen LogP contribution in [0.5, 0.6) is 0 Å². The first-order valence-electron chi connectivity index (χ1n) is 6.24. The van der Waals surface area contributed by atoms with E-state index in [-0.39, 0.29) is 0 Å². The van der Waals surface area contributed by atoms with Crippen molar-refractivity contribution in [2.24, 2.45) is 5.92 Å². The number of halogens is 1. The van der Waals surface area contributed by atoms with Crippen molar-refractivity contribution < 1.29 is 4.20 Å². The van der Waals surface area contributed by atoms with Gasteiger partial charge in [-0.3, -0.25) is 0 Å². The standard InChI is InChI=1S/C14H23FP/c1-4-9-13(3)12-16(15,5-2)14-10-7-6-8-11-14/h6-8,10-11,13H,4-5,9,12H2,1-3H3/q+1. The molecule has 0 spiro atoms. The molecule has 0 heterocycles. The highest BCUT2D eigenvalue weighted by atomic mass is 31.2.